The molecule has 5 heteroatoms. The van der Waals surface area contributed by atoms with Crippen LogP contribution in [0.5, 0.6) is 0 Å². The summed E-state index contributed by atoms with van der Waals surface area (Å²) in [4.78, 5) is 23.3. The molecule has 0 heterocycles. The van der Waals surface area contributed by atoms with Crippen molar-refractivity contribution in [3.05, 3.63) is 0 Å². The first-order valence-electron chi connectivity index (χ1n) is 3.95. The molecule has 0 aliphatic heterocycles. The van der Waals surface area contributed by atoms with E-state index in [2.05, 4.69) is 4.99 Å². The van der Waals surface area contributed by atoms with Crippen molar-refractivity contribution in [2.45, 2.75) is 19.9 Å². The highest BCUT2D eigenvalue weighted by Gasteiger charge is 2.16. The summed E-state index contributed by atoms with van der Waals surface area (Å²) in [5.74, 6) is -0.846. The van der Waals surface area contributed by atoms with Gasteiger partial charge in [0.05, 0.1) is 6.61 Å². The maximum absolute atomic E-state index is 10.4. The molecular weight excluding hydrogens is 174 g/mol. The van der Waals surface area contributed by atoms with E-state index in [0.717, 1.165) is 0 Å². The highest BCUT2D eigenvalue weighted by atomic mass is 16.5. The van der Waals surface area contributed by atoms with Crippen LogP contribution in [0.15, 0.2) is 4.99 Å². The quantitative estimate of drug-likeness (QED) is 0.483. The Morgan fingerprint density at radius 1 is 1.54 bits per heavy atom. The second kappa shape index (κ2) is 6.34. The van der Waals surface area contributed by atoms with Crippen LogP contribution >= 0.6 is 0 Å². The van der Waals surface area contributed by atoms with Crippen molar-refractivity contribution in [3.63, 3.8) is 0 Å². The Balaban J connectivity index is 3.83. The van der Waals surface area contributed by atoms with Gasteiger partial charge < -0.3 is 9.84 Å². The van der Waals surface area contributed by atoms with Crippen molar-refractivity contribution in [2.75, 3.05) is 13.2 Å². The first-order valence-corrected chi connectivity index (χ1v) is 3.95. The van der Waals surface area contributed by atoms with Crippen molar-refractivity contribution >= 4 is 12.0 Å². The number of isocyanates is 1. The van der Waals surface area contributed by atoms with Gasteiger partial charge in [-0.05, 0) is 5.92 Å². The summed E-state index contributed by atoms with van der Waals surface area (Å²) < 4.78 is 5.02. The van der Waals surface area contributed by atoms with Gasteiger partial charge in [0.15, 0.2) is 6.04 Å². The molecule has 0 aliphatic rings. The number of carboxylic acid groups (broad SMARTS) is 1. The minimum Gasteiger partial charge on any atom is -0.480 e. The van der Waals surface area contributed by atoms with Crippen molar-refractivity contribution in [3.8, 4) is 0 Å². The summed E-state index contributed by atoms with van der Waals surface area (Å²) in [6.45, 7) is 4.26. The third kappa shape index (κ3) is 6.02. The third-order valence-corrected chi connectivity index (χ3v) is 1.22. The molecule has 1 unspecified atom stereocenters. The van der Waals surface area contributed by atoms with Gasteiger partial charge in [0.25, 0.3) is 0 Å². The number of hydrogen-bond acceptors (Lipinski definition) is 4. The van der Waals surface area contributed by atoms with Crippen LogP contribution in [0.4, 0.5) is 0 Å². The number of aliphatic carboxylic acids is 1. The van der Waals surface area contributed by atoms with E-state index in [1.807, 2.05) is 13.8 Å². The van der Waals surface area contributed by atoms with Gasteiger partial charge in [-0.2, -0.15) is 4.99 Å². The topological polar surface area (TPSA) is 76.0 Å². The van der Waals surface area contributed by atoms with Gasteiger partial charge in [0.1, 0.15) is 0 Å². The van der Waals surface area contributed by atoms with Gasteiger partial charge in [-0.3, -0.25) is 0 Å². The number of nitrogens with zero attached hydrogens (tertiary/aromatic N) is 1. The minimum atomic E-state index is -1.17. The van der Waals surface area contributed by atoms with Crippen molar-refractivity contribution in [2.24, 2.45) is 10.9 Å². The predicted molar refractivity (Wildman–Crippen MR) is 45.2 cm³/mol. The molecule has 0 rings (SSSR count). The van der Waals surface area contributed by atoms with Gasteiger partial charge in [0, 0.05) is 6.61 Å². The molecule has 0 amide bonds. The monoisotopic (exact) mass is 187 g/mol. The zero-order chi connectivity index (χ0) is 10.3. The van der Waals surface area contributed by atoms with Crippen LogP contribution < -0.4 is 0 Å². The highest BCUT2D eigenvalue weighted by Crippen LogP contribution is 1.96. The molecular formula is C8H13NO4. The van der Waals surface area contributed by atoms with E-state index in [4.69, 9.17) is 9.84 Å². The Labute approximate surface area is 76.4 Å². The maximum atomic E-state index is 10.4. The fourth-order valence-electron chi connectivity index (χ4n) is 0.643. The number of carboxylic acids is 1. The van der Waals surface area contributed by atoms with E-state index in [0.29, 0.717) is 12.5 Å². The molecule has 0 aromatic heterocycles. The largest absolute Gasteiger partial charge is 0.480 e. The number of aliphatic imine (C=N–C) groups is 1. The van der Waals surface area contributed by atoms with Crippen molar-refractivity contribution < 1.29 is 19.4 Å². The summed E-state index contributed by atoms with van der Waals surface area (Å²) in [7, 11) is 0. The lowest BCUT2D eigenvalue weighted by molar-refractivity contribution is -0.140. The lowest BCUT2D eigenvalue weighted by atomic mass is 10.2. The number of ether oxygens (including phenoxy) is 1. The van der Waals surface area contributed by atoms with E-state index in [1.165, 1.54) is 6.08 Å². The molecule has 0 saturated heterocycles. The second-order valence-electron chi connectivity index (χ2n) is 3.01. The van der Waals surface area contributed by atoms with Crippen LogP contribution in [0.3, 0.4) is 0 Å². The zero-order valence-corrected chi connectivity index (χ0v) is 7.69. The fraction of sp³-hybridized carbons (Fsp3) is 0.750. The van der Waals surface area contributed by atoms with E-state index in [1.54, 1.807) is 0 Å². The van der Waals surface area contributed by atoms with Crippen LogP contribution in [-0.4, -0.2) is 36.4 Å². The summed E-state index contributed by atoms with van der Waals surface area (Å²) in [5.41, 5.74) is 0. The lowest BCUT2D eigenvalue weighted by Crippen LogP contribution is -2.24. The normalized spacial score (nSPS) is 12.2. The Hall–Kier alpha value is -1.19. The fourth-order valence-corrected chi connectivity index (χ4v) is 0.643. The average molecular weight is 187 g/mol. The molecule has 0 saturated carbocycles. The minimum absolute atomic E-state index is 0.0806. The summed E-state index contributed by atoms with van der Waals surface area (Å²) >= 11 is 0. The molecule has 0 aliphatic carbocycles. The van der Waals surface area contributed by atoms with Gasteiger partial charge in [-0.1, -0.05) is 13.8 Å². The standard InChI is InChI=1S/C8H13NO4/c1-6(2)3-13-4-7(8(11)12)9-5-10/h6-7H,3-4H2,1-2H3,(H,11,12). The summed E-state index contributed by atoms with van der Waals surface area (Å²) in [5, 5.41) is 8.52. The molecule has 74 valence electrons. The van der Waals surface area contributed by atoms with E-state index in [-0.39, 0.29) is 6.61 Å². The molecule has 13 heavy (non-hydrogen) atoms. The van der Waals surface area contributed by atoms with Gasteiger partial charge in [0.2, 0.25) is 6.08 Å². The predicted octanol–water partition coefficient (Wildman–Crippen LogP) is 0.448. The van der Waals surface area contributed by atoms with Crippen LogP contribution in [0.2, 0.25) is 0 Å². The molecule has 0 aromatic carbocycles. The molecule has 0 spiro atoms. The van der Waals surface area contributed by atoms with Crippen LogP contribution in [0.25, 0.3) is 0 Å². The van der Waals surface area contributed by atoms with Crippen LogP contribution in [-0.2, 0) is 14.3 Å². The zero-order valence-electron chi connectivity index (χ0n) is 7.69. The number of rotatable bonds is 6. The smallest absolute Gasteiger partial charge is 0.331 e. The molecule has 0 bridgehead atoms. The van der Waals surface area contributed by atoms with E-state index < -0.39 is 12.0 Å². The average Bonchev–Trinajstić information content (AvgIpc) is 2.02. The van der Waals surface area contributed by atoms with Gasteiger partial charge in [-0.25, -0.2) is 9.59 Å². The Kier molecular flexibility index (Phi) is 5.76. The van der Waals surface area contributed by atoms with Gasteiger partial charge >= 0.3 is 5.97 Å². The van der Waals surface area contributed by atoms with E-state index >= 15 is 0 Å². The third-order valence-electron chi connectivity index (χ3n) is 1.22. The molecule has 0 radical (unpaired) electrons. The maximum Gasteiger partial charge on any atom is 0.331 e. The first kappa shape index (κ1) is 11.8. The summed E-state index contributed by atoms with van der Waals surface area (Å²) in [6, 6.07) is -1.13. The second-order valence-corrected chi connectivity index (χ2v) is 3.01. The Morgan fingerprint density at radius 3 is 2.54 bits per heavy atom. The molecule has 1 atom stereocenters. The van der Waals surface area contributed by atoms with Crippen LogP contribution in [0.1, 0.15) is 13.8 Å². The molecule has 0 aromatic rings. The lowest BCUT2D eigenvalue weighted by Gasteiger charge is -2.08. The molecule has 1 N–H and O–H groups in total. The molecule has 5 nitrogen and oxygen atoms in total. The number of hydrogen-bond donors (Lipinski definition) is 1. The van der Waals surface area contributed by atoms with Crippen molar-refractivity contribution in [1.29, 1.82) is 0 Å². The highest BCUT2D eigenvalue weighted by molar-refractivity contribution is 5.74. The number of carbonyl (C=O) groups excluding carboxylic acids is 1. The SMILES string of the molecule is CC(C)COCC(N=C=O)C(=O)O. The summed E-state index contributed by atoms with van der Waals surface area (Å²) in [6.07, 6.45) is 1.20. The van der Waals surface area contributed by atoms with Crippen LogP contribution in [0, 0.1) is 5.92 Å². The van der Waals surface area contributed by atoms with Crippen molar-refractivity contribution in [1.82, 2.24) is 0 Å². The number of carbonyl (C=O) groups is 1. The Morgan fingerprint density at radius 2 is 2.15 bits per heavy atom. The Bertz CT molecular complexity index is 206. The first-order chi connectivity index (χ1) is 6.07. The molecule has 0 fully saturated rings. The van der Waals surface area contributed by atoms with E-state index in [9.17, 15) is 9.59 Å². The van der Waals surface area contributed by atoms with Gasteiger partial charge in [-0.15, -0.1) is 0 Å².